The minimum Gasteiger partial charge on any atom is -0.507 e. The molecule has 0 saturated carbocycles. The number of hydrogen-bond donors (Lipinski definition) is 1. The van der Waals surface area contributed by atoms with E-state index in [9.17, 15) is 31.1 Å². The number of benzene rings is 1. The molecule has 0 fully saturated rings. The molecule has 0 bridgehead atoms. The molecular formula is C9H3ClF6O2. The summed E-state index contributed by atoms with van der Waals surface area (Å²) in [6.45, 7) is 0. The molecule has 0 amide bonds. The van der Waals surface area contributed by atoms with Crippen LogP contribution in [0.25, 0.3) is 0 Å². The van der Waals surface area contributed by atoms with Crippen molar-refractivity contribution in [2.75, 3.05) is 0 Å². The summed E-state index contributed by atoms with van der Waals surface area (Å²) in [5, 5.41) is 7.22. The van der Waals surface area contributed by atoms with Crippen LogP contribution in [-0.4, -0.2) is 10.3 Å². The Morgan fingerprint density at radius 1 is 1.00 bits per heavy atom. The van der Waals surface area contributed by atoms with Gasteiger partial charge in [-0.1, -0.05) is 0 Å². The normalized spacial score (nSPS) is 12.6. The molecule has 0 saturated heterocycles. The predicted molar refractivity (Wildman–Crippen MR) is 48.3 cm³/mol. The SMILES string of the molecule is O=C(Cl)c1ccc(O)c(C(F)(F)F)c1C(F)(F)F. The Morgan fingerprint density at radius 2 is 1.44 bits per heavy atom. The third-order valence-corrected chi connectivity index (χ3v) is 2.17. The molecule has 0 radical (unpaired) electrons. The maximum absolute atomic E-state index is 12.6. The van der Waals surface area contributed by atoms with Crippen molar-refractivity contribution < 1.29 is 36.2 Å². The Hall–Kier alpha value is -1.44. The number of carbonyl (C=O) groups excluding carboxylic acids is 1. The summed E-state index contributed by atoms with van der Waals surface area (Å²) >= 11 is 4.80. The molecule has 100 valence electrons. The molecule has 0 aliphatic rings. The van der Waals surface area contributed by atoms with Crippen LogP contribution in [0.15, 0.2) is 12.1 Å². The predicted octanol–water partition coefficient (Wildman–Crippen LogP) is 3.81. The Balaban J connectivity index is 3.79. The molecule has 18 heavy (non-hydrogen) atoms. The van der Waals surface area contributed by atoms with E-state index in [1.807, 2.05) is 0 Å². The van der Waals surface area contributed by atoms with Crippen LogP contribution in [0.2, 0.25) is 0 Å². The first-order valence-corrected chi connectivity index (χ1v) is 4.54. The summed E-state index contributed by atoms with van der Waals surface area (Å²) < 4.78 is 75.1. The lowest BCUT2D eigenvalue weighted by atomic mass is 9.99. The number of aromatic hydroxyl groups is 1. The van der Waals surface area contributed by atoms with Gasteiger partial charge in [-0.25, -0.2) is 0 Å². The molecule has 9 heteroatoms. The third kappa shape index (κ3) is 2.69. The third-order valence-electron chi connectivity index (χ3n) is 1.96. The van der Waals surface area contributed by atoms with E-state index in [1.54, 1.807) is 0 Å². The molecule has 1 rings (SSSR count). The van der Waals surface area contributed by atoms with Crippen molar-refractivity contribution >= 4 is 16.8 Å². The summed E-state index contributed by atoms with van der Waals surface area (Å²) in [7, 11) is 0. The molecule has 0 aliphatic heterocycles. The zero-order chi connectivity index (χ0) is 14.3. The summed E-state index contributed by atoms with van der Waals surface area (Å²) in [6, 6.07) is 0.705. The van der Waals surface area contributed by atoms with E-state index in [-0.39, 0.29) is 0 Å². The van der Waals surface area contributed by atoms with Gasteiger partial charge in [0, 0.05) is 5.56 Å². The van der Waals surface area contributed by atoms with E-state index in [4.69, 9.17) is 16.7 Å². The van der Waals surface area contributed by atoms with E-state index < -0.39 is 40.0 Å². The molecule has 0 aliphatic carbocycles. The average Bonchev–Trinajstić information content (AvgIpc) is 2.13. The second-order valence-corrected chi connectivity index (χ2v) is 3.49. The van der Waals surface area contributed by atoms with Gasteiger partial charge >= 0.3 is 12.4 Å². The number of phenolic OH excluding ortho intramolecular Hbond substituents is 1. The largest absolute Gasteiger partial charge is 0.507 e. The molecule has 0 heterocycles. The van der Waals surface area contributed by atoms with Crippen molar-refractivity contribution in [2.45, 2.75) is 12.4 Å². The van der Waals surface area contributed by atoms with Gasteiger partial charge in [-0.05, 0) is 23.7 Å². The monoisotopic (exact) mass is 292 g/mol. The fraction of sp³-hybridized carbons (Fsp3) is 0.222. The summed E-state index contributed by atoms with van der Waals surface area (Å²) in [4.78, 5) is 10.7. The standard InChI is InChI=1S/C9H3ClF6O2/c10-7(18)3-1-2-4(17)6(9(14,15)16)5(3)8(11,12)13/h1-2,17H. The number of alkyl halides is 6. The van der Waals surface area contributed by atoms with Gasteiger partial charge < -0.3 is 5.11 Å². The van der Waals surface area contributed by atoms with Crippen LogP contribution >= 0.6 is 11.6 Å². The molecule has 1 aromatic carbocycles. The molecule has 2 nitrogen and oxygen atoms in total. The Kier molecular flexibility index (Phi) is 3.53. The highest BCUT2D eigenvalue weighted by Crippen LogP contribution is 2.46. The Labute approximate surface area is 101 Å². The quantitative estimate of drug-likeness (QED) is 0.631. The Morgan fingerprint density at radius 3 is 1.78 bits per heavy atom. The molecule has 0 atom stereocenters. The fourth-order valence-corrected chi connectivity index (χ4v) is 1.49. The van der Waals surface area contributed by atoms with Gasteiger partial charge in [0.25, 0.3) is 5.24 Å². The van der Waals surface area contributed by atoms with Crippen molar-refractivity contribution in [3.05, 3.63) is 28.8 Å². The smallest absolute Gasteiger partial charge is 0.420 e. The van der Waals surface area contributed by atoms with Crippen molar-refractivity contribution in [3.8, 4) is 5.75 Å². The van der Waals surface area contributed by atoms with Crippen molar-refractivity contribution in [1.82, 2.24) is 0 Å². The van der Waals surface area contributed by atoms with E-state index in [0.717, 1.165) is 0 Å². The molecule has 0 aromatic heterocycles. The van der Waals surface area contributed by atoms with E-state index in [1.165, 1.54) is 0 Å². The lowest BCUT2D eigenvalue weighted by Crippen LogP contribution is -2.20. The number of carbonyl (C=O) groups is 1. The van der Waals surface area contributed by atoms with Crippen LogP contribution in [0.5, 0.6) is 5.75 Å². The number of hydrogen-bond acceptors (Lipinski definition) is 2. The Bertz CT molecular complexity index is 491. The molecule has 0 spiro atoms. The van der Waals surface area contributed by atoms with Gasteiger partial charge in [-0.3, -0.25) is 4.79 Å². The first-order chi connectivity index (χ1) is 7.96. The van der Waals surface area contributed by atoms with Gasteiger partial charge in [-0.2, -0.15) is 26.3 Å². The highest BCUT2D eigenvalue weighted by atomic mass is 35.5. The number of halogens is 7. The minimum absolute atomic E-state index is 0.327. The zero-order valence-electron chi connectivity index (χ0n) is 8.16. The summed E-state index contributed by atoms with van der Waals surface area (Å²) in [6.07, 6.45) is -11.0. The first kappa shape index (κ1) is 14.6. The maximum Gasteiger partial charge on any atom is 0.420 e. The van der Waals surface area contributed by atoms with Crippen molar-refractivity contribution in [3.63, 3.8) is 0 Å². The number of rotatable bonds is 1. The van der Waals surface area contributed by atoms with Gasteiger partial charge in [0.05, 0.1) is 5.56 Å². The highest BCUT2D eigenvalue weighted by Gasteiger charge is 2.47. The second kappa shape index (κ2) is 4.34. The van der Waals surface area contributed by atoms with Crippen molar-refractivity contribution in [2.24, 2.45) is 0 Å². The minimum atomic E-state index is -5.48. The lowest BCUT2D eigenvalue weighted by molar-refractivity contribution is -0.163. The van der Waals surface area contributed by atoms with Gasteiger partial charge in [0.15, 0.2) is 0 Å². The average molecular weight is 293 g/mol. The van der Waals surface area contributed by atoms with Crippen LogP contribution < -0.4 is 0 Å². The topological polar surface area (TPSA) is 37.3 Å². The number of phenols is 1. The lowest BCUT2D eigenvalue weighted by Gasteiger charge is -2.18. The van der Waals surface area contributed by atoms with Crippen LogP contribution in [0, 0.1) is 0 Å². The molecule has 1 aromatic rings. The van der Waals surface area contributed by atoms with E-state index in [0.29, 0.717) is 12.1 Å². The van der Waals surface area contributed by atoms with E-state index in [2.05, 4.69) is 0 Å². The fourth-order valence-electron chi connectivity index (χ4n) is 1.34. The van der Waals surface area contributed by atoms with Crippen LogP contribution in [-0.2, 0) is 12.4 Å². The van der Waals surface area contributed by atoms with Gasteiger partial charge in [0.2, 0.25) is 0 Å². The van der Waals surface area contributed by atoms with Gasteiger partial charge in [0.1, 0.15) is 11.3 Å². The van der Waals surface area contributed by atoms with Crippen LogP contribution in [0.4, 0.5) is 26.3 Å². The molecule has 1 N–H and O–H groups in total. The van der Waals surface area contributed by atoms with Crippen LogP contribution in [0.1, 0.15) is 21.5 Å². The first-order valence-electron chi connectivity index (χ1n) is 4.16. The summed E-state index contributed by atoms with van der Waals surface area (Å²) in [5.41, 5.74) is -5.99. The zero-order valence-corrected chi connectivity index (χ0v) is 8.91. The molecular weight excluding hydrogens is 290 g/mol. The second-order valence-electron chi connectivity index (χ2n) is 3.15. The van der Waals surface area contributed by atoms with Crippen molar-refractivity contribution in [1.29, 1.82) is 0 Å². The van der Waals surface area contributed by atoms with Crippen LogP contribution in [0.3, 0.4) is 0 Å². The maximum atomic E-state index is 12.6. The summed E-state index contributed by atoms with van der Waals surface area (Å²) in [5.74, 6) is -1.63. The van der Waals surface area contributed by atoms with E-state index >= 15 is 0 Å². The highest BCUT2D eigenvalue weighted by molar-refractivity contribution is 6.68. The molecule has 0 unspecified atom stereocenters. The van der Waals surface area contributed by atoms with Gasteiger partial charge in [-0.15, -0.1) is 0 Å².